The second kappa shape index (κ2) is 3.40. The van der Waals surface area contributed by atoms with Crippen LogP contribution in [0.4, 0.5) is 5.69 Å². The van der Waals surface area contributed by atoms with Crippen molar-refractivity contribution in [2.45, 2.75) is 0 Å². The highest BCUT2D eigenvalue weighted by molar-refractivity contribution is 14.1. The third kappa shape index (κ3) is 2.07. The van der Waals surface area contributed by atoms with E-state index in [1.165, 1.54) is 0 Å². The van der Waals surface area contributed by atoms with Crippen LogP contribution in [0.5, 0.6) is 0 Å². The molecule has 0 heterocycles. The zero-order valence-corrected chi connectivity index (χ0v) is 8.48. The van der Waals surface area contributed by atoms with Crippen LogP contribution in [0.15, 0.2) is 18.2 Å². The standard InChI is InChI=1S/C7H6ClIN2/c8-4-1-2-5(7(9)11)6(10)3-4/h1-3,11H,10H2. The minimum Gasteiger partial charge on any atom is -0.398 e. The largest absolute Gasteiger partial charge is 0.398 e. The quantitative estimate of drug-likeness (QED) is 0.464. The molecule has 4 heteroatoms. The van der Waals surface area contributed by atoms with Gasteiger partial charge in [-0.15, -0.1) is 0 Å². The molecule has 1 aromatic rings. The third-order valence-corrected chi connectivity index (χ3v) is 2.07. The highest BCUT2D eigenvalue weighted by Crippen LogP contribution is 2.19. The van der Waals surface area contributed by atoms with Crippen molar-refractivity contribution < 1.29 is 0 Å². The van der Waals surface area contributed by atoms with Gasteiger partial charge in [0.25, 0.3) is 0 Å². The van der Waals surface area contributed by atoms with Crippen LogP contribution in [0.25, 0.3) is 0 Å². The predicted octanol–water partition coefficient (Wildman–Crippen LogP) is 2.68. The van der Waals surface area contributed by atoms with Crippen LogP contribution in [0.2, 0.25) is 5.02 Å². The van der Waals surface area contributed by atoms with Gasteiger partial charge in [0.15, 0.2) is 0 Å². The Balaban J connectivity index is 3.20. The fourth-order valence-electron chi connectivity index (χ4n) is 0.733. The maximum Gasteiger partial charge on any atom is 0.101 e. The summed E-state index contributed by atoms with van der Waals surface area (Å²) in [5.41, 5.74) is 6.88. The van der Waals surface area contributed by atoms with Crippen molar-refractivity contribution in [3.63, 3.8) is 0 Å². The van der Waals surface area contributed by atoms with Gasteiger partial charge in [0.1, 0.15) is 3.72 Å². The zero-order valence-electron chi connectivity index (χ0n) is 5.57. The van der Waals surface area contributed by atoms with E-state index in [1.54, 1.807) is 18.2 Å². The Hall–Kier alpha value is -0.290. The normalized spacial score (nSPS) is 9.64. The Bertz CT molecular complexity index is 298. The predicted molar refractivity (Wildman–Crippen MR) is 56.7 cm³/mol. The molecular formula is C7H6ClIN2. The molecule has 58 valence electrons. The molecule has 0 fully saturated rings. The Labute approximate surface area is 83.4 Å². The van der Waals surface area contributed by atoms with E-state index < -0.39 is 0 Å². The molecule has 2 nitrogen and oxygen atoms in total. The Kier molecular flexibility index (Phi) is 2.72. The molecule has 0 unspecified atom stereocenters. The van der Waals surface area contributed by atoms with E-state index in [9.17, 15) is 0 Å². The van der Waals surface area contributed by atoms with Crippen molar-refractivity contribution in [3.8, 4) is 0 Å². The zero-order chi connectivity index (χ0) is 8.43. The molecule has 0 saturated carbocycles. The van der Waals surface area contributed by atoms with E-state index in [-0.39, 0.29) is 0 Å². The minimum absolute atomic E-state index is 0.428. The summed E-state index contributed by atoms with van der Waals surface area (Å²) in [6.07, 6.45) is 0. The molecule has 0 aliphatic heterocycles. The Morgan fingerprint density at radius 3 is 2.64 bits per heavy atom. The lowest BCUT2D eigenvalue weighted by atomic mass is 10.2. The maximum atomic E-state index is 7.31. The molecular weight excluding hydrogens is 274 g/mol. The number of anilines is 1. The molecule has 3 N–H and O–H groups in total. The SMILES string of the molecule is N=C(I)c1ccc(Cl)cc1N. The monoisotopic (exact) mass is 280 g/mol. The second-order valence-electron chi connectivity index (χ2n) is 2.05. The lowest BCUT2D eigenvalue weighted by Crippen LogP contribution is -1.96. The van der Waals surface area contributed by atoms with Gasteiger partial charge in [-0.2, -0.15) is 0 Å². The molecule has 11 heavy (non-hydrogen) atoms. The molecule has 0 bridgehead atoms. The lowest BCUT2D eigenvalue weighted by Gasteiger charge is -2.01. The minimum atomic E-state index is 0.428. The molecule has 0 aromatic heterocycles. The number of hydrogen-bond donors (Lipinski definition) is 2. The van der Waals surface area contributed by atoms with E-state index in [1.807, 2.05) is 22.6 Å². The fraction of sp³-hybridized carbons (Fsp3) is 0. The summed E-state index contributed by atoms with van der Waals surface area (Å²) in [5.74, 6) is 0. The van der Waals surface area contributed by atoms with Crippen molar-refractivity contribution in [1.29, 1.82) is 5.41 Å². The number of hydrogen-bond acceptors (Lipinski definition) is 2. The number of nitrogen functional groups attached to an aromatic ring is 1. The van der Waals surface area contributed by atoms with Gasteiger partial charge in [-0.25, -0.2) is 0 Å². The first kappa shape index (κ1) is 8.80. The van der Waals surface area contributed by atoms with Gasteiger partial charge < -0.3 is 5.73 Å². The van der Waals surface area contributed by atoms with Gasteiger partial charge in [-0.05, 0) is 40.8 Å². The van der Waals surface area contributed by atoms with E-state index in [4.69, 9.17) is 22.7 Å². The van der Waals surface area contributed by atoms with Gasteiger partial charge in [-0.1, -0.05) is 11.6 Å². The van der Waals surface area contributed by atoms with E-state index in [0.29, 0.717) is 14.4 Å². The van der Waals surface area contributed by atoms with Gasteiger partial charge in [0.05, 0.1) is 0 Å². The van der Waals surface area contributed by atoms with Crippen LogP contribution in [0.3, 0.4) is 0 Å². The smallest absolute Gasteiger partial charge is 0.101 e. The number of nitrogens with two attached hydrogens (primary N) is 1. The van der Waals surface area contributed by atoms with Crippen LogP contribution in [0.1, 0.15) is 5.56 Å². The summed E-state index contributed by atoms with van der Waals surface area (Å²) in [7, 11) is 0. The first-order valence-corrected chi connectivity index (χ1v) is 4.36. The summed E-state index contributed by atoms with van der Waals surface area (Å²) in [4.78, 5) is 0. The number of rotatable bonds is 1. The first-order valence-electron chi connectivity index (χ1n) is 2.90. The van der Waals surface area contributed by atoms with Crippen molar-refractivity contribution in [2.24, 2.45) is 0 Å². The molecule has 0 radical (unpaired) electrons. The molecule has 1 aromatic carbocycles. The average Bonchev–Trinajstić information content (AvgIpc) is 1.85. The van der Waals surface area contributed by atoms with E-state index in [2.05, 4.69) is 0 Å². The molecule has 0 aliphatic carbocycles. The molecule has 0 saturated heterocycles. The number of benzene rings is 1. The summed E-state index contributed by atoms with van der Waals surface area (Å²) in [5, 5.41) is 7.91. The topological polar surface area (TPSA) is 49.9 Å². The summed E-state index contributed by atoms with van der Waals surface area (Å²) < 4.78 is 0.428. The van der Waals surface area contributed by atoms with Crippen LogP contribution < -0.4 is 5.73 Å². The Morgan fingerprint density at radius 2 is 2.18 bits per heavy atom. The highest BCUT2D eigenvalue weighted by Gasteiger charge is 2.01. The van der Waals surface area contributed by atoms with Gasteiger partial charge in [0, 0.05) is 16.3 Å². The van der Waals surface area contributed by atoms with Crippen molar-refractivity contribution in [2.75, 3.05) is 5.73 Å². The molecule has 0 amide bonds. The molecule has 1 rings (SSSR count). The highest BCUT2D eigenvalue weighted by atomic mass is 127. The van der Waals surface area contributed by atoms with Crippen molar-refractivity contribution in [1.82, 2.24) is 0 Å². The van der Waals surface area contributed by atoms with E-state index in [0.717, 1.165) is 5.56 Å². The van der Waals surface area contributed by atoms with Crippen molar-refractivity contribution >= 4 is 43.6 Å². The second-order valence-corrected chi connectivity index (χ2v) is 3.56. The molecule has 0 spiro atoms. The van der Waals surface area contributed by atoms with Crippen LogP contribution >= 0.6 is 34.2 Å². The Morgan fingerprint density at radius 1 is 1.55 bits per heavy atom. The van der Waals surface area contributed by atoms with E-state index >= 15 is 0 Å². The lowest BCUT2D eigenvalue weighted by molar-refractivity contribution is 1.53. The molecule has 0 aliphatic rings. The fourth-order valence-corrected chi connectivity index (χ4v) is 1.41. The summed E-state index contributed by atoms with van der Waals surface area (Å²) in [6.45, 7) is 0. The van der Waals surface area contributed by atoms with Crippen molar-refractivity contribution in [3.05, 3.63) is 28.8 Å². The van der Waals surface area contributed by atoms with Gasteiger partial charge in [0.2, 0.25) is 0 Å². The van der Waals surface area contributed by atoms with Crippen LogP contribution in [-0.4, -0.2) is 3.72 Å². The summed E-state index contributed by atoms with van der Waals surface area (Å²) >= 11 is 7.57. The third-order valence-electron chi connectivity index (χ3n) is 1.25. The molecule has 0 atom stereocenters. The maximum absolute atomic E-state index is 7.31. The summed E-state index contributed by atoms with van der Waals surface area (Å²) in [6, 6.07) is 5.11. The van der Waals surface area contributed by atoms with Gasteiger partial charge >= 0.3 is 0 Å². The number of halogens is 2. The van der Waals surface area contributed by atoms with Crippen LogP contribution in [0, 0.1) is 5.41 Å². The average molecular weight is 280 g/mol. The van der Waals surface area contributed by atoms with Crippen LogP contribution in [-0.2, 0) is 0 Å². The van der Waals surface area contributed by atoms with Gasteiger partial charge in [-0.3, -0.25) is 5.41 Å². The number of nitrogens with one attached hydrogen (secondary N) is 1. The first-order chi connectivity index (χ1) is 5.11.